The highest BCUT2D eigenvalue weighted by Gasteiger charge is 2.14. The lowest BCUT2D eigenvalue weighted by atomic mass is 10.2. The first-order valence-corrected chi connectivity index (χ1v) is 7.32. The highest BCUT2D eigenvalue weighted by atomic mass is 32.1. The first kappa shape index (κ1) is 14.5. The number of thiazole rings is 1. The van der Waals surface area contributed by atoms with Gasteiger partial charge in [0.25, 0.3) is 0 Å². The van der Waals surface area contributed by atoms with Crippen LogP contribution in [-0.2, 0) is 11.2 Å². The third kappa shape index (κ3) is 3.78. The molecular formula is C16H17NO2S. The molecule has 1 aromatic carbocycles. The normalized spacial score (nSPS) is 11.3. The number of rotatable bonds is 5. The predicted octanol–water partition coefficient (Wildman–Crippen LogP) is 4.06. The highest BCUT2D eigenvalue weighted by Crippen LogP contribution is 2.26. The van der Waals surface area contributed by atoms with E-state index in [1.54, 1.807) is 0 Å². The van der Waals surface area contributed by atoms with E-state index in [1.165, 1.54) is 11.3 Å². The van der Waals surface area contributed by atoms with Crippen LogP contribution in [-0.4, -0.2) is 16.1 Å². The van der Waals surface area contributed by atoms with E-state index in [0.29, 0.717) is 5.92 Å². The largest absolute Gasteiger partial charge is 0.481 e. The standard InChI is InChI=1S/C16H17NO2S/c1-11(2)16-17-13(14(20-16)10-15(18)19)9-8-12-6-4-3-5-7-12/h3-9,11H,10H2,1-2H3,(H,18,19)/b9-8+. The van der Waals surface area contributed by atoms with Crippen molar-refractivity contribution in [2.45, 2.75) is 26.2 Å². The van der Waals surface area contributed by atoms with Gasteiger partial charge in [0.15, 0.2) is 0 Å². The summed E-state index contributed by atoms with van der Waals surface area (Å²) in [5, 5.41) is 9.96. The summed E-state index contributed by atoms with van der Waals surface area (Å²) in [7, 11) is 0. The third-order valence-corrected chi connectivity index (χ3v) is 4.15. The van der Waals surface area contributed by atoms with E-state index in [1.807, 2.05) is 42.5 Å². The second-order valence-electron chi connectivity index (χ2n) is 4.83. The van der Waals surface area contributed by atoms with Gasteiger partial charge in [-0.3, -0.25) is 4.79 Å². The molecule has 2 rings (SSSR count). The lowest BCUT2D eigenvalue weighted by Crippen LogP contribution is -1.99. The number of hydrogen-bond acceptors (Lipinski definition) is 3. The lowest BCUT2D eigenvalue weighted by molar-refractivity contribution is -0.136. The van der Waals surface area contributed by atoms with E-state index < -0.39 is 5.97 Å². The summed E-state index contributed by atoms with van der Waals surface area (Å²) in [6, 6.07) is 9.91. The van der Waals surface area contributed by atoms with Gasteiger partial charge in [-0.05, 0) is 11.6 Å². The van der Waals surface area contributed by atoms with Crippen LogP contribution in [0.15, 0.2) is 30.3 Å². The molecule has 0 aliphatic carbocycles. The molecule has 1 N–H and O–H groups in total. The Kier molecular flexibility index (Phi) is 4.69. The maximum absolute atomic E-state index is 10.9. The third-order valence-electron chi connectivity index (χ3n) is 2.78. The Morgan fingerprint density at radius 3 is 2.60 bits per heavy atom. The molecule has 0 unspecified atom stereocenters. The Labute approximate surface area is 122 Å². The van der Waals surface area contributed by atoms with Crippen molar-refractivity contribution in [2.75, 3.05) is 0 Å². The summed E-state index contributed by atoms with van der Waals surface area (Å²) in [6.07, 6.45) is 3.89. The Hall–Kier alpha value is -1.94. The molecule has 0 fully saturated rings. The quantitative estimate of drug-likeness (QED) is 0.902. The number of benzene rings is 1. The van der Waals surface area contributed by atoms with Gasteiger partial charge in [-0.2, -0.15) is 0 Å². The van der Waals surface area contributed by atoms with Crippen molar-refractivity contribution >= 4 is 29.5 Å². The number of aromatic nitrogens is 1. The summed E-state index contributed by atoms with van der Waals surface area (Å²) in [5.74, 6) is -0.510. The van der Waals surface area contributed by atoms with Gasteiger partial charge in [0, 0.05) is 10.8 Å². The minimum absolute atomic E-state index is 0.0266. The number of aliphatic carboxylic acids is 1. The van der Waals surface area contributed by atoms with Crippen molar-refractivity contribution < 1.29 is 9.90 Å². The van der Waals surface area contributed by atoms with Crippen LogP contribution in [0, 0.1) is 0 Å². The first-order chi connectivity index (χ1) is 9.56. The predicted molar refractivity (Wildman–Crippen MR) is 82.9 cm³/mol. The van der Waals surface area contributed by atoms with Crippen molar-refractivity contribution in [3.8, 4) is 0 Å². The number of carbonyl (C=O) groups is 1. The Balaban J connectivity index is 2.29. The fraction of sp³-hybridized carbons (Fsp3) is 0.250. The SMILES string of the molecule is CC(C)c1nc(/C=C/c2ccccc2)c(CC(=O)O)s1. The molecule has 0 spiro atoms. The molecule has 20 heavy (non-hydrogen) atoms. The summed E-state index contributed by atoms with van der Waals surface area (Å²) in [6.45, 7) is 4.13. The van der Waals surface area contributed by atoms with Crippen molar-refractivity contribution in [3.05, 3.63) is 51.5 Å². The fourth-order valence-corrected chi connectivity index (χ4v) is 2.81. The molecule has 0 atom stereocenters. The van der Waals surface area contributed by atoms with E-state index in [4.69, 9.17) is 5.11 Å². The van der Waals surface area contributed by atoms with Gasteiger partial charge in [0.05, 0.1) is 17.1 Å². The molecule has 0 saturated carbocycles. The monoisotopic (exact) mass is 287 g/mol. The second kappa shape index (κ2) is 6.48. The summed E-state index contributed by atoms with van der Waals surface area (Å²) < 4.78 is 0. The van der Waals surface area contributed by atoms with E-state index in [9.17, 15) is 4.79 Å². The average Bonchev–Trinajstić information content (AvgIpc) is 2.80. The average molecular weight is 287 g/mol. The van der Waals surface area contributed by atoms with Crippen LogP contribution in [0.4, 0.5) is 0 Å². The molecule has 104 valence electrons. The molecule has 0 bridgehead atoms. The number of carboxylic acids is 1. The van der Waals surface area contributed by atoms with E-state index >= 15 is 0 Å². The van der Waals surface area contributed by atoms with E-state index in [2.05, 4.69) is 18.8 Å². The molecule has 0 saturated heterocycles. The fourth-order valence-electron chi connectivity index (χ4n) is 1.76. The molecule has 0 radical (unpaired) electrons. The summed E-state index contributed by atoms with van der Waals surface area (Å²) >= 11 is 1.49. The number of carboxylic acid groups (broad SMARTS) is 1. The molecule has 1 aromatic heterocycles. The zero-order valence-electron chi connectivity index (χ0n) is 11.5. The van der Waals surface area contributed by atoms with Crippen LogP contribution in [0.2, 0.25) is 0 Å². The van der Waals surface area contributed by atoms with Crippen LogP contribution in [0.3, 0.4) is 0 Å². The molecule has 2 aromatic rings. The van der Waals surface area contributed by atoms with Crippen LogP contribution in [0.5, 0.6) is 0 Å². The highest BCUT2D eigenvalue weighted by molar-refractivity contribution is 7.12. The molecule has 3 nitrogen and oxygen atoms in total. The number of nitrogens with zero attached hydrogens (tertiary/aromatic N) is 1. The van der Waals surface area contributed by atoms with Crippen molar-refractivity contribution in [3.63, 3.8) is 0 Å². The smallest absolute Gasteiger partial charge is 0.308 e. The van der Waals surface area contributed by atoms with Crippen LogP contribution < -0.4 is 0 Å². The second-order valence-corrected chi connectivity index (χ2v) is 5.94. The van der Waals surface area contributed by atoms with Crippen LogP contribution in [0.1, 0.15) is 40.9 Å². The van der Waals surface area contributed by atoms with Crippen LogP contribution >= 0.6 is 11.3 Å². The van der Waals surface area contributed by atoms with Gasteiger partial charge in [-0.1, -0.05) is 50.3 Å². The molecule has 0 amide bonds. The Bertz CT molecular complexity index is 615. The zero-order valence-corrected chi connectivity index (χ0v) is 12.4. The van der Waals surface area contributed by atoms with Crippen molar-refractivity contribution in [1.29, 1.82) is 0 Å². The maximum atomic E-state index is 10.9. The van der Waals surface area contributed by atoms with Gasteiger partial charge >= 0.3 is 5.97 Å². The topological polar surface area (TPSA) is 50.2 Å². The Morgan fingerprint density at radius 1 is 1.30 bits per heavy atom. The van der Waals surface area contributed by atoms with Gasteiger partial charge in [0.2, 0.25) is 0 Å². The van der Waals surface area contributed by atoms with Gasteiger partial charge < -0.3 is 5.11 Å². The number of hydrogen-bond donors (Lipinski definition) is 1. The van der Waals surface area contributed by atoms with Crippen molar-refractivity contribution in [2.24, 2.45) is 0 Å². The minimum Gasteiger partial charge on any atom is -0.481 e. The summed E-state index contributed by atoms with van der Waals surface area (Å²) in [4.78, 5) is 16.3. The lowest BCUT2D eigenvalue weighted by Gasteiger charge is -1.95. The van der Waals surface area contributed by atoms with Gasteiger partial charge in [-0.25, -0.2) is 4.98 Å². The minimum atomic E-state index is -0.821. The van der Waals surface area contributed by atoms with Gasteiger partial charge in [0.1, 0.15) is 0 Å². The van der Waals surface area contributed by atoms with Crippen molar-refractivity contribution in [1.82, 2.24) is 4.98 Å². The molecule has 1 heterocycles. The molecule has 4 heteroatoms. The molecule has 0 aliphatic heterocycles. The van der Waals surface area contributed by atoms with E-state index in [-0.39, 0.29) is 6.42 Å². The van der Waals surface area contributed by atoms with E-state index in [0.717, 1.165) is 21.1 Å². The maximum Gasteiger partial charge on any atom is 0.308 e. The Morgan fingerprint density at radius 2 is 2.00 bits per heavy atom. The zero-order chi connectivity index (χ0) is 14.5. The van der Waals surface area contributed by atoms with Gasteiger partial charge in [-0.15, -0.1) is 11.3 Å². The first-order valence-electron chi connectivity index (χ1n) is 6.51. The van der Waals surface area contributed by atoms with Crippen LogP contribution in [0.25, 0.3) is 12.2 Å². The summed E-state index contributed by atoms with van der Waals surface area (Å²) in [5.41, 5.74) is 1.85. The molecule has 0 aliphatic rings. The molecular weight excluding hydrogens is 270 g/mol.